The lowest BCUT2D eigenvalue weighted by Gasteiger charge is -2.36. The first-order valence-corrected chi connectivity index (χ1v) is 5.73. The van der Waals surface area contributed by atoms with Gasteiger partial charge in [0.2, 0.25) is 5.91 Å². The van der Waals surface area contributed by atoms with Gasteiger partial charge in [-0.1, -0.05) is 6.92 Å². The Morgan fingerprint density at radius 1 is 1.53 bits per heavy atom. The van der Waals surface area contributed by atoms with Crippen LogP contribution >= 0.6 is 0 Å². The van der Waals surface area contributed by atoms with Gasteiger partial charge < -0.3 is 15.4 Å². The minimum atomic E-state index is -0.256. The van der Waals surface area contributed by atoms with Crippen molar-refractivity contribution in [1.82, 2.24) is 4.90 Å². The maximum atomic E-state index is 11.7. The Balaban J connectivity index is 1.93. The highest BCUT2D eigenvalue weighted by Gasteiger charge is 2.35. The van der Waals surface area contributed by atoms with Gasteiger partial charge in [0.1, 0.15) is 0 Å². The van der Waals surface area contributed by atoms with Gasteiger partial charge in [-0.25, -0.2) is 0 Å². The quantitative estimate of drug-likeness (QED) is 0.719. The summed E-state index contributed by atoms with van der Waals surface area (Å²) in [5, 5.41) is 0. The number of carbonyl (C=O) groups is 1. The fourth-order valence-corrected chi connectivity index (χ4v) is 2.40. The number of ether oxygens (including phenoxy) is 1. The summed E-state index contributed by atoms with van der Waals surface area (Å²) in [7, 11) is 0. The zero-order valence-corrected chi connectivity index (χ0v) is 9.37. The van der Waals surface area contributed by atoms with Gasteiger partial charge in [-0.3, -0.25) is 4.79 Å². The third kappa shape index (κ3) is 2.32. The molecule has 2 N–H and O–H groups in total. The van der Waals surface area contributed by atoms with Crippen LogP contribution in [0, 0.1) is 5.41 Å². The maximum absolute atomic E-state index is 11.7. The number of nitrogens with two attached hydrogens (primary N) is 1. The van der Waals surface area contributed by atoms with Crippen molar-refractivity contribution >= 4 is 5.91 Å². The fourth-order valence-electron chi connectivity index (χ4n) is 2.40. The second-order valence-corrected chi connectivity index (χ2v) is 5.08. The van der Waals surface area contributed by atoms with Crippen molar-refractivity contribution in [1.29, 1.82) is 0 Å². The van der Waals surface area contributed by atoms with Crippen LogP contribution in [0.4, 0.5) is 0 Å². The molecule has 86 valence electrons. The zero-order valence-electron chi connectivity index (χ0n) is 9.37. The van der Waals surface area contributed by atoms with Crippen molar-refractivity contribution in [3.05, 3.63) is 0 Å². The average molecular weight is 212 g/mol. The molecule has 2 aliphatic rings. The second kappa shape index (κ2) is 4.10. The minimum absolute atomic E-state index is 0.128. The number of nitrogens with zero attached hydrogens (tertiary/aromatic N) is 1. The lowest BCUT2D eigenvalue weighted by Crippen LogP contribution is -2.42. The van der Waals surface area contributed by atoms with Crippen LogP contribution < -0.4 is 5.73 Å². The van der Waals surface area contributed by atoms with Gasteiger partial charge in [-0.2, -0.15) is 0 Å². The molecular formula is C11H20N2O2. The van der Waals surface area contributed by atoms with E-state index in [1.54, 1.807) is 0 Å². The molecule has 0 spiro atoms. The molecule has 15 heavy (non-hydrogen) atoms. The average Bonchev–Trinajstić information content (AvgIpc) is 2.50. The number of hydrogen-bond acceptors (Lipinski definition) is 3. The van der Waals surface area contributed by atoms with E-state index in [2.05, 4.69) is 6.92 Å². The molecule has 2 fully saturated rings. The molecule has 1 unspecified atom stereocenters. The third-order valence-corrected chi connectivity index (χ3v) is 3.61. The predicted molar refractivity (Wildman–Crippen MR) is 57.3 cm³/mol. The summed E-state index contributed by atoms with van der Waals surface area (Å²) in [5.74, 6) is 0.128. The summed E-state index contributed by atoms with van der Waals surface area (Å²) in [5.41, 5.74) is 5.94. The van der Waals surface area contributed by atoms with Gasteiger partial charge in [0.25, 0.3) is 0 Å². The van der Waals surface area contributed by atoms with E-state index in [-0.39, 0.29) is 17.4 Å². The molecule has 4 nitrogen and oxygen atoms in total. The molecule has 0 bridgehead atoms. The number of likely N-dealkylation sites (tertiary alicyclic amines) is 1. The van der Waals surface area contributed by atoms with Crippen molar-refractivity contribution in [3.8, 4) is 0 Å². The monoisotopic (exact) mass is 212 g/mol. The van der Waals surface area contributed by atoms with Crippen LogP contribution in [0.15, 0.2) is 0 Å². The first kappa shape index (κ1) is 10.9. The van der Waals surface area contributed by atoms with Crippen LogP contribution in [0.25, 0.3) is 0 Å². The van der Waals surface area contributed by atoms with Crippen molar-refractivity contribution in [2.45, 2.75) is 32.2 Å². The summed E-state index contributed by atoms with van der Waals surface area (Å²) in [4.78, 5) is 13.6. The highest BCUT2D eigenvalue weighted by molar-refractivity contribution is 5.83. The van der Waals surface area contributed by atoms with Gasteiger partial charge in [0.15, 0.2) is 0 Å². The van der Waals surface area contributed by atoms with Crippen LogP contribution in [0.1, 0.15) is 26.2 Å². The molecule has 2 rings (SSSR count). The highest BCUT2D eigenvalue weighted by Crippen LogP contribution is 2.31. The molecule has 0 radical (unpaired) electrons. The van der Waals surface area contributed by atoms with E-state index in [0.29, 0.717) is 0 Å². The lowest BCUT2D eigenvalue weighted by molar-refractivity contribution is -0.131. The van der Waals surface area contributed by atoms with Gasteiger partial charge in [-0.15, -0.1) is 0 Å². The Morgan fingerprint density at radius 2 is 2.20 bits per heavy atom. The largest absolute Gasteiger partial charge is 0.381 e. The Morgan fingerprint density at radius 3 is 2.73 bits per heavy atom. The van der Waals surface area contributed by atoms with Gasteiger partial charge in [-0.05, 0) is 24.7 Å². The van der Waals surface area contributed by atoms with Crippen LogP contribution in [-0.4, -0.2) is 43.2 Å². The maximum Gasteiger partial charge on any atom is 0.239 e. The molecule has 0 aromatic carbocycles. The Bertz CT molecular complexity index is 249. The van der Waals surface area contributed by atoms with E-state index in [0.717, 1.165) is 45.6 Å². The van der Waals surface area contributed by atoms with Crippen molar-refractivity contribution < 1.29 is 9.53 Å². The van der Waals surface area contributed by atoms with E-state index in [1.165, 1.54) is 0 Å². The van der Waals surface area contributed by atoms with Crippen molar-refractivity contribution in [2.75, 3.05) is 26.3 Å². The van der Waals surface area contributed by atoms with Crippen LogP contribution in [0.5, 0.6) is 0 Å². The Labute approximate surface area is 90.8 Å². The SMILES string of the molecule is CC1(CN2CCC(N)C2=O)CCOCC1. The molecule has 0 aromatic rings. The third-order valence-electron chi connectivity index (χ3n) is 3.61. The van der Waals surface area contributed by atoms with Crippen LogP contribution in [0.2, 0.25) is 0 Å². The van der Waals surface area contributed by atoms with Gasteiger partial charge >= 0.3 is 0 Å². The van der Waals surface area contributed by atoms with E-state index in [1.807, 2.05) is 4.90 Å². The van der Waals surface area contributed by atoms with Crippen molar-refractivity contribution in [3.63, 3.8) is 0 Å². The van der Waals surface area contributed by atoms with E-state index < -0.39 is 0 Å². The summed E-state index contributed by atoms with van der Waals surface area (Å²) in [6.07, 6.45) is 2.91. The Kier molecular flexibility index (Phi) is 2.98. The number of carbonyl (C=O) groups excluding carboxylic acids is 1. The smallest absolute Gasteiger partial charge is 0.239 e. The second-order valence-electron chi connectivity index (χ2n) is 5.08. The van der Waals surface area contributed by atoms with E-state index >= 15 is 0 Å². The first-order chi connectivity index (χ1) is 7.11. The summed E-state index contributed by atoms with van der Waals surface area (Å²) >= 11 is 0. The summed E-state index contributed by atoms with van der Waals surface area (Å²) in [6.45, 7) is 5.57. The topological polar surface area (TPSA) is 55.6 Å². The Hall–Kier alpha value is -0.610. The normalized spacial score (nSPS) is 30.9. The van der Waals surface area contributed by atoms with Crippen molar-refractivity contribution in [2.24, 2.45) is 11.1 Å². The standard InChI is InChI=1S/C11H20N2O2/c1-11(3-6-15-7-4-11)8-13-5-2-9(12)10(13)14/h9H,2-8,12H2,1H3. The predicted octanol–water partition coefficient (Wildman–Crippen LogP) is 0.363. The summed E-state index contributed by atoms with van der Waals surface area (Å²) < 4.78 is 5.35. The number of rotatable bonds is 2. The summed E-state index contributed by atoms with van der Waals surface area (Å²) in [6, 6.07) is -0.256. The van der Waals surface area contributed by atoms with Crippen LogP contribution in [-0.2, 0) is 9.53 Å². The minimum Gasteiger partial charge on any atom is -0.381 e. The van der Waals surface area contributed by atoms with Crippen LogP contribution in [0.3, 0.4) is 0 Å². The molecule has 1 atom stereocenters. The lowest BCUT2D eigenvalue weighted by atomic mass is 9.82. The van der Waals surface area contributed by atoms with E-state index in [9.17, 15) is 4.79 Å². The molecule has 0 saturated carbocycles. The molecule has 4 heteroatoms. The molecule has 2 aliphatic heterocycles. The fraction of sp³-hybridized carbons (Fsp3) is 0.909. The van der Waals surface area contributed by atoms with Gasteiger partial charge in [0, 0.05) is 26.3 Å². The molecule has 1 amide bonds. The van der Waals surface area contributed by atoms with E-state index in [4.69, 9.17) is 10.5 Å². The molecule has 2 heterocycles. The van der Waals surface area contributed by atoms with Gasteiger partial charge in [0.05, 0.1) is 6.04 Å². The zero-order chi connectivity index (χ0) is 10.9. The number of hydrogen-bond donors (Lipinski definition) is 1. The molecular weight excluding hydrogens is 192 g/mol. The number of amides is 1. The molecule has 2 saturated heterocycles. The first-order valence-electron chi connectivity index (χ1n) is 5.73. The molecule has 0 aromatic heterocycles. The highest BCUT2D eigenvalue weighted by atomic mass is 16.5. The molecule has 0 aliphatic carbocycles.